The molecule has 11 aromatic rings. The van der Waals surface area contributed by atoms with Gasteiger partial charge >= 0.3 is 42.4 Å². The van der Waals surface area contributed by atoms with E-state index in [-0.39, 0.29) is 81.6 Å². The molecule has 10 aromatic carbocycles. The molecule has 0 spiro atoms. The highest BCUT2D eigenvalue weighted by atomic mass is 127. The van der Waals surface area contributed by atoms with Gasteiger partial charge in [-0.3, -0.25) is 4.84 Å². The van der Waals surface area contributed by atoms with E-state index >= 15 is 0 Å². The van der Waals surface area contributed by atoms with Crippen LogP contribution in [-0.2, 0) is 32.6 Å². The maximum absolute atomic E-state index is 13.2. The van der Waals surface area contributed by atoms with Crippen LogP contribution >= 0.6 is 47.8 Å². The zero-order chi connectivity index (χ0) is 64.6. The molecule has 0 aliphatic heterocycles. The molecule has 0 aliphatic carbocycles. The first-order chi connectivity index (χ1) is 43.2. The second-order valence-corrected chi connectivity index (χ2v) is 34.8. The van der Waals surface area contributed by atoms with Gasteiger partial charge in [-0.05, 0) is 227 Å². The van der Waals surface area contributed by atoms with Gasteiger partial charge in [0.05, 0.1) is 21.8 Å². The molecule has 12 heteroatoms. The first kappa shape index (κ1) is 71.5. The summed E-state index contributed by atoms with van der Waals surface area (Å²) in [5.74, 6) is -0.943. The maximum Gasteiger partial charge on any atom is 0.357 e. The molecule has 0 bridgehead atoms. The minimum atomic E-state index is -0.539. The normalized spacial score (nSPS) is 10.9. The zero-order valence-corrected chi connectivity index (χ0v) is 62.0. The van der Waals surface area contributed by atoms with Crippen LogP contribution in [0.2, 0.25) is 0 Å². The second kappa shape index (κ2) is 35.7. The number of hydrogen-bond acceptors (Lipinski definition) is 1. The Morgan fingerprint density at radius 2 is 0.589 bits per heavy atom. The van der Waals surface area contributed by atoms with Gasteiger partial charge in [0.15, 0.2) is 43.7 Å². The van der Waals surface area contributed by atoms with Crippen LogP contribution in [0.25, 0.3) is 12.2 Å². The monoisotopic (exact) mass is 1650 g/mol. The highest BCUT2D eigenvalue weighted by Gasteiger charge is 2.30. The first-order valence-electron chi connectivity index (χ1n) is 28.7. The Labute approximate surface area is 583 Å². The molecule has 458 valence electrons. The van der Waals surface area contributed by atoms with E-state index in [0.29, 0.717) is 0 Å². The summed E-state index contributed by atoms with van der Waals surface area (Å²) in [7, 11) is 0.984. The molecule has 0 radical (unpaired) electrons. The number of hydrogen-bond donors (Lipinski definition) is 0. The maximum atomic E-state index is 13.2. The van der Waals surface area contributed by atoms with E-state index < -0.39 is 10.9 Å². The van der Waals surface area contributed by atoms with Gasteiger partial charge in [0.2, 0.25) is 12.4 Å². The summed E-state index contributed by atoms with van der Waals surface area (Å²) in [5, 5.41) is 0. The van der Waals surface area contributed by atoms with Crippen molar-refractivity contribution in [2.75, 3.05) is 7.11 Å². The predicted octanol–water partition coefficient (Wildman–Crippen LogP) is 15.8. The van der Waals surface area contributed by atoms with Gasteiger partial charge in [-0.1, -0.05) is 169 Å². The Bertz CT molecular complexity index is 3470. The minimum Gasteiger partial charge on any atom is -0.275 e. The van der Waals surface area contributed by atoms with E-state index in [9.17, 15) is 13.2 Å². The van der Waals surface area contributed by atoms with E-state index in [2.05, 4.69) is 272 Å². The van der Waals surface area contributed by atoms with E-state index in [0.717, 1.165) is 28.1 Å². The SMILES string of the molecule is Brc1ccc([S+](c2ccc(Br)cc2)c2ccc(Br)cc2)cc1.C=Cc1ccc([I+]c2ccc(C=C)cc2)cc1.CC(C)(C)c1ccc([I+]c2ccc(C(C)(C)C)cc2)cc1.CO[n+]1ccccc1.Fc1ccc([S+](c2ccc(F)cc2)c2ccc(F)cc2)cc1. The smallest absolute Gasteiger partial charge is 0.275 e. The molecule has 11 rings (SSSR count). The summed E-state index contributed by atoms with van der Waals surface area (Å²) in [6.45, 7) is 21.1. The van der Waals surface area contributed by atoms with Crippen molar-refractivity contribution in [1.29, 1.82) is 0 Å². The molecule has 0 unspecified atom stereocenters. The molecule has 1 heterocycles. The van der Waals surface area contributed by atoms with Crippen molar-refractivity contribution < 1.29 is 65.1 Å². The molecule has 0 atom stereocenters. The van der Waals surface area contributed by atoms with Crippen LogP contribution < -0.4 is 52.0 Å². The van der Waals surface area contributed by atoms with Gasteiger partial charge in [-0.15, -0.1) is 0 Å². The molecule has 0 N–H and O–H groups in total. The van der Waals surface area contributed by atoms with Crippen molar-refractivity contribution >= 4 is 81.7 Å². The average molecular weight is 1650 g/mol. The lowest BCUT2D eigenvalue weighted by Crippen LogP contribution is -3.61. The summed E-state index contributed by atoms with van der Waals surface area (Å²) in [4.78, 5) is 11.4. The summed E-state index contributed by atoms with van der Waals surface area (Å²) in [5.41, 5.74) is 5.67. The van der Waals surface area contributed by atoms with Crippen molar-refractivity contribution in [2.24, 2.45) is 0 Å². The van der Waals surface area contributed by atoms with Crippen LogP contribution in [0.1, 0.15) is 63.8 Å². The molecular formula is C78H72Br3F3I2NOS2+5. The van der Waals surface area contributed by atoms with Gasteiger partial charge in [0.1, 0.15) is 24.6 Å². The van der Waals surface area contributed by atoms with Crippen LogP contribution in [0.15, 0.2) is 329 Å². The molecule has 90 heavy (non-hydrogen) atoms. The van der Waals surface area contributed by atoms with Crippen LogP contribution in [0, 0.1) is 31.7 Å². The summed E-state index contributed by atoms with van der Waals surface area (Å²) in [6, 6.07) is 85.8. The molecule has 0 fully saturated rings. The van der Waals surface area contributed by atoms with E-state index in [1.165, 1.54) is 87.6 Å². The van der Waals surface area contributed by atoms with Gasteiger partial charge in [0.25, 0.3) is 0 Å². The lowest BCUT2D eigenvalue weighted by Gasteiger charge is -2.18. The Morgan fingerprint density at radius 1 is 0.356 bits per heavy atom. The molecule has 0 saturated heterocycles. The highest BCUT2D eigenvalue weighted by Crippen LogP contribution is 2.34. The van der Waals surface area contributed by atoms with Crippen molar-refractivity contribution in [2.45, 2.75) is 81.7 Å². The van der Waals surface area contributed by atoms with Gasteiger partial charge in [-0.25, -0.2) is 13.2 Å². The van der Waals surface area contributed by atoms with E-state index in [4.69, 9.17) is 4.84 Å². The number of rotatable bonds is 13. The third-order valence-electron chi connectivity index (χ3n) is 13.3. The standard InChI is InChI=1S/C20H26I.C18H12Br3S.C18H12F3S.C16H14I.C6H8NO/c1-19(2,3)15-7-11-17(12-8-15)21-18-13-9-16(10-14-18)20(4,5)6;2*19-13-1-7-16(8-2-13)22(17-9-3-14(20)4-10-17)18-11-5-15(21)6-12-18;1-3-13-5-9-15(10-6-13)17-16-11-7-14(4-2)8-12-16;1-8-7-5-3-2-4-6-7/h7-14H,1-6H3;2*1-12H;3-12H,1-2H2;2-6H,1H3/q5*+1. The Morgan fingerprint density at radius 3 is 0.800 bits per heavy atom. The number of nitrogens with zero attached hydrogens (tertiary/aromatic N) is 1. The van der Waals surface area contributed by atoms with Crippen molar-refractivity contribution in [3.63, 3.8) is 0 Å². The summed E-state index contributed by atoms with van der Waals surface area (Å²) >= 11 is 10.4. The molecule has 0 saturated carbocycles. The molecule has 0 amide bonds. The van der Waals surface area contributed by atoms with Gasteiger partial charge in [-0.2, -0.15) is 0 Å². The lowest BCUT2D eigenvalue weighted by atomic mass is 9.87. The first-order valence-corrected chi connectivity index (χ1v) is 37.8. The number of benzene rings is 10. The number of pyridine rings is 1. The average Bonchev–Trinajstić information content (AvgIpc) is 2.02. The third-order valence-corrected chi connectivity index (χ3v) is 24.7. The van der Waals surface area contributed by atoms with Crippen LogP contribution in [0.5, 0.6) is 0 Å². The van der Waals surface area contributed by atoms with Crippen LogP contribution in [0.3, 0.4) is 0 Å². The van der Waals surface area contributed by atoms with E-state index in [1.807, 2.05) is 42.7 Å². The molecule has 2 nitrogen and oxygen atoms in total. The van der Waals surface area contributed by atoms with Crippen molar-refractivity contribution in [3.05, 3.63) is 354 Å². The summed E-state index contributed by atoms with van der Waals surface area (Å²) < 4.78 is 50.3. The zero-order valence-electron chi connectivity index (χ0n) is 51.2. The molecule has 1 aromatic heterocycles. The topological polar surface area (TPSA) is 13.1 Å². The fourth-order valence-corrected chi connectivity index (χ4v) is 17.5. The van der Waals surface area contributed by atoms with Gasteiger partial charge < -0.3 is 0 Å². The van der Waals surface area contributed by atoms with Crippen molar-refractivity contribution in [3.8, 4) is 0 Å². The Hall–Kier alpha value is -5.98. The Kier molecular flexibility index (Phi) is 28.4. The molecule has 0 aliphatic rings. The minimum absolute atomic E-state index is 0.0703. The van der Waals surface area contributed by atoms with Crippen LogP contribution in [-0.4, -0.2) is 7.11 Å². The van der Waals surface area contributed by atoms with E-state index in [1.54, 1.807) is 48.2 Å². The highest BCUT2D eigenvalue weighted by molar-refractivity contribution is 9.11. The number of aromatic nitrogens is 1. The Balaban J connectivity index is 0.000000164. The summed E-state index contributed by atoms with van der Waals surface area (Å²) in [6.07, 6.45) is 7.42. The lowest BCUT2D eigenvalue weighted by molar-refractivity contribution is -0.885. The number of halogens is 8. The molecular weight excluding hydrogens is 1580 g/mol. The van der Waals surface area contributed by atoms with Crippen molar-refractivity contribution in [1.82, 2.24) is 0 Å². The third kappa shape index (κ3) is 23.3. The van der Waals surface area contributed by atoms with Crippen LogP contribution in [0.4, 0.5) is 13.2 Å². The largest absolute Gasteiger partial charge is 0.357 e. The second-order valence-electron chi connectivity index (χ2n) is 22.0. The quantitative estimate of drug-likeness (QED) is 0.0637. The fourth-order valence-electron chi connectivity index (χ4n) is 8.35. The van der Waals surface area contributed by atoms with Gasteiger partial charge in [0, 0.05) is 30.3 Å². The fraction of sp³-hybridized carbons (Fsp3) is 0.115. The predicted molar refractivity (Wildman–Crippen MR) is 373 cm³/mol.